The van der Waals surface area contributed by atoms with Gasteiger partial charge in [0.2, 0.25) is 0 Å². The molecule has 9 rings (SSSR count). The molecule has 0 radical (unpaired) electrons. The fourth-order valence-electron chi connectivity index (χ4n) is 7.23. The summed E-state index contributed by atoms with van der Waals surface area (Å²) in [6, 6.07) is 61.2. The summed E-state index contributed by atoms with van der Waals surface area (Å²) in [5.41, 5.74) is 11.8. The van der Waals surface area contributed by atoms with Crippen molar-refractivity contribution in [3.8, 4) is 0 Å². The number of fused-ring (bicyclic) bond motifs is 3. The zero-order chi connectivity index (χ0) is 30.5. The van der Waals surface area contributed by atoms with Gasteiger partial charge in [0.25, 0.3) is 0 Å². The number of hydrogen-bond acceptors (Lipinski definition) is 1. The molecule has 46 heavy (non-hydrogen) atoms. The van der Waals surface area contributed by atoms with Crippen molar-refractivity contribution < 1.29 is 0 Å². The van der Waals surface area contributed by atoms with Crippen LogP contribution >= 0.6 is 0 Å². The maximum Gasteiger partial charge on any atom is 0.119 e. The third-order valence-electron chi connectivity index (χ3n) is 9.29. The lowest BCUT2D eigenvalue weighted by atomic mass is 9.84. The van der Waals surface area contributed by atoms with Crippen molar-refractivity contribution >= 4 is 54.9 Å². The molecule has 0 saturated heterocycles. The predicted molar refractivity (Wildman–Crippen MR) is 193 cm³/mol. The van der Waals surface area contributed by atoms with E-state index in [1.165, 1.54) is 66.1 Å². The lowest BCUT2D eigenvalue weighted by Crippen LogP contribution is -2.05. The first-order valence-corrected chi connectivity index (χ1v) is 15.8. The number of hydrogen-bond donors (Lipinski definition) is 1. The molecule has 0 bridgehead atoms. The minimum atomic E-state index is -0.132. The van der Waals surface area contributed by atoms with E-state index >= 15 is 0 Å². The second kappa shape index (κ2) is 10.9. The van der Waals surface area contributed by atoms with Crippen molar-refractivity contribution in [2.75, 3.05) is 0 Å². The Morgan fingerprint density at radius 3 is 1.57 bits per heavy atom. The largest absolute Gasteiger partial charge is 0.341 e. The first kappa shape index (κ1) is 26.4. The summed E-state index contributed by atoms with van der Waals surface area (Å²) in [4.78, 5) is 9.06. The fourth-order valence-corrected chi connectivity index (χ4v) is 7.23. The van der Waals surface area contributed by atoms with Crippen LogP contribution in [0.25, 0.3) is 54.9 Å². The molecule has 1 unspecified atom stereocenters. The number of benzene rings is 7. The van der Waals surface area contributed by atoms with Gasteiger partial charge in [-0.1, -0.05) is 146 Å². The van der Waals surface area contributed by atoms with E-state index in [0.29, 0.717) is 0 Å². The van der Waals surface area contributed by atoms with Crippen LogP contribution < -0.4 is 0 Å². The zero-order valence-corrected chi connectivity index (χ0v) is 25.2. The third-order valence-corrected chi connectivity index (χ3v) is 9.29. The summed E-state index contributed by atoms with van der Waals surface area (Å²) in [7, 11) is 0. The van der Waals surface area contributed by atoms with Crippen LogP contribution in [0.1, 0.15) is 34.0 Å². The number of nitrogens with one attached hydrogen (secondary N) is 1. The Bertz CT molecular complexity index is 2430. The van der Waals surface area contributed by atoms with E-state index in [2.05, 4.69) is 175 Å². The average Bonchev–Trinajstić information content (AvgIpc) is 3.72. The van der Waals surface area contributed by atoms with Crippen LogP contribution in [-0.4, -0.2) is 9.97 Å². The number of H-pyrrole nitrogens is 1. The van der Waals surface area contributed by atoms with Crippen LogP contribution in [0.2, 0.25) is 0 Å². The van der Waals surface area contributed by atoms with E-state index in [-0.39, 0.29) is 5.92 Å². The molecule has 0 fully saturated rings. The van der Waals surface area contributed by atoms with E-state index < -0.39 is 0 Å². The van der Waals surface area contributed by atoms with Gasteiger partial charge in [0, 0.05) is 0 Å². The van der Waals surface area contributed by atoms with E-state index in [1.807, 2.05) is 0 Å². The third kappa shape index (κ3) is 4.38. The van der Waals surface area contributed by atoms with Gasteiger partial charge in [-0.05, 0) is 90.4 Å². The lowest BCUT2D eigenvalue weighted by molar-refractivity contribution is 1.00. The van der Waals surface area contributed by atoms with Crippen molar-refractivity contribution in [1.82, 2.24) is 9.97 Å². The molecule has 0 spiro atoms. The molecule has 0 aliphatic heterocycles. The summed E-state index contributed by atoms with van der Waals surface area (Å²) in [5, 5.41) is 4.92. The molecular weight excluding hydrogens is 556 g/mol. The number of allylic oxidation sites excluding steroid dienone is 4. The maximum atomic E-state index is 5.29. The molecule has 1 heterocycles. The zero-order valence-electron chi connectivity index (χ0n) is 25.2. The Kier molecular flexibility index (Phi) is 6.24. The summed E-state index contributed by atoms with van der Waals surface area (Å²) in [6.07, 6.45) is 0. The van der Waals surface area contributed by atoms with Crippen molar-refractivity contribution in [2.45, 2.75) is 5.92 Å². The quantitative estimate of drug-likeness (QED) is 0.213. The van der Waals surface area contributed by atoms with Crippen LogP contribution in [0, 0.1) is 0 Å². The second-order valence-electron chi connectivity index (χ2n) is 12.0. The van der Waals surface area contributed by atoms with Gasteiger partial charge in [-0.25, -0.2) is 4.98 Å². The van der Waals surface area contributed by atoms with Gasteiger partial charge in [-0.15, -0.1) is 0 Å². The Morgan fingerprint density at radius 2 is 0.891 bits per heavy atom. The van der Waals surface area contributed by atoms with E-state index in [4.69, 9.17) is 4.98 Å². The number of nitrogens with zero attached hydrogens (tertiary/aromatic N) is 1. The van der Waals surface area contributed by atoms with E-state index in [9.17, 15) is 0 Å². The number of aromatic amines is 1. The highest BCUT2D eigenvalue weighted by atomic mass is 14.9. The highest BCUT2D eigenvalue weighted by Crippen LogP contribution is 2.58. The molecule has 1 N–H and O–H groups in total. The van der Waals surface area contributed by atoms with Gasteiger partial charge >= 0.3 is 0 Å². The Balaban J connectivity index is 1.44. The van der Waals surface area contributed by atoms with Crippen LogP contribution in [0.3, 0.4) is 0 Å². The van der Waals surface area contributed by atoms with Gasteiger partial charge in [0.05, 0.1) is 17.0 Å². The number of aromatic nitrogens is 2. The number of para-hydroxylation sites is 2. The predicted octanol–water partition coefficient (Wildman–Crippen LogP) is 11.2. The van der Waals surface area contributed by atoms with Crippen LogP contribution in [0.15, 0.2) is 170 Å². The minimum absolute atomic E-state index is 0.132. The monoisotopic (exact) mass is 586 g/mol. The van der Waals surface area contributed by atoms with Crippen molar-refractivity contribution in [2.24, 2.45) is 0 Å². The highest BCUT2D eigenvalue weighted by Gasteiger charge is 2.39. The molecule has 1 aliphatic carbocycles. The minimum Gasteiger partial charge on any atom is -0.341 e. The number of rotatable bonds is 5. The SMILES string of the molecule is c1ccc(C2=C(c3ccc4ccccc4c3)C(c3nc4ccccc4[nH]3)C(c3ccccc3)=C2c2ccc3ccccc3c2)cc1. The molecule has 2 heteroatoms. The molecule has 1 aromatic heterocycles. The van der Waals surface area contributed by atoms with Gasteiger partial charge < -0.3 is 4.98 Å². The molecular formula is C44H30N2. The van der Waals surface area contributed by atoms with E-state index in [0.717, 1.165) is 16.9 Å². The topological polar surface area (TPSA) is 28.7 Å². The molecule has 0 amide bonds. The van der Waals surface area contributed by atoms with Crippen molar-refractivity contribution in [3.63, 3.8) is 0 Å². The van der Waals surface area contributed by atoms with Crippen LogP contribution in [0.4, 0.5) is 0 Å². The van der Waals surface area contributed by atoms with Crippen molar-refractivity contribution in [1.29, 1.82) is 0 Å². The second-order valence-corrected chi connectivity index (χ2v) is 12.0. The summed E-state index contributed by atoms with van der Waals surface area (Å²) in [5.74, 6) is 0.820. The Hall–Kier alpha value is -5.99. The molecule has 1 atom stereocenters. The normalized spacial score (nSPS) is 15.0. The molecule has 2 nitrogen and oxygen atoms in total. The maximum absolute atomic E-state index is 5.29. The Labute approximate surface area is 268 Å². The summed E-state index contributed by atoms with van der Waals surface area (Å²) < 4.78 is 0. The van der Waals surface area contributed by atoms with E-state index in [1.54, 1.807) is 0 Å². The lowest BCUT2D eigenvalue weighted by Gasteiger charge is -2.20. The number of imidazole rings is 1. The summed E-state index contributed by atoms with van der Waals surface area (Å²) in [6.45, 7) is 0. The van der Waals surface area contributed by atoms with Gasteiger partial charge in [0.15, 0.2) is 0 Å². The average molecular weight is 587 g/mol. The standard InChI is InChI=1S/C44H30N2/c1-3-15-31(16-4-1)39-41(35-25-23-29-13-7-9-19-33(29)27-35)40(32-17-5-2-6-18-32)43(44-45-37-21-11-12-22-38(37)46-44)42(39)36-26-24-30-14-8-10-20-34(30)28-36/h1-28,43H,(H,45,46). The van der Waals surface area contributed by atoms with Gasteiger partial charge in [0.1, 0.15) is 5.82 Å². The first-order valence-electron chi connectivity index (χ1n) is 15.8. The first-order chi connectivity index (χ1) is 22.8. The molecule has 1 aliphatic rings. The van der Waals surface area contributed by atoms with Crippen molar-refractivity contribution in [3.05, 3.63) is 198 Å². The summed E-state index contributed by atoms with van der Waals surface area (Å²) >= 11 is 0. The van der Waals surface area contributed by atoms with Gasteiger partial charge in [-0.3, -0.25) is 0 Å². The molecule has 8 aromatic rings. The fraction of sp³-hybridized carbons (Fsp3) is 0.0227. The molecule has 7 aromatic carbocycles. The smallest absolute Gasteiger partial charge is 0.119 e. The highest BCUT2D eigenvalue weighted by molar-refractivity contribution is 6.30. The molecule has 0 saturated carbocycles. The van der Waals surface area contributed by atoms with Crippen LogP contribution in [0.5, 0.6) is 0 Å². The molecule has 216 valence electrons. The van der Waals surface area contributed by atoms with Gasteiger partial charge in [-0.2, -0.15) is 0 Å². The van der Waals surface area contributed by atoms with Crippen LogP contribution in [-0.2, 0) is 0 Å². The Morgan fingerprint density at radius 1 is 0.391 bits per heavy atom.